The van der Waals surface area contributed by atoms with Crippen LogP contribution in [0.5, 0.6) is 0 Å². The fourth-order valence-electron chi connectivity index (χ4n) is 0.769. The van der Waals surface area contributed by atoms with Crippen LogP contribution < -0.4 is 5.32 Å². The van der Waals surface area contributed by atoms with E-state index in [0.717, 1.165) is 4.47 Å². The molecule has 0 aromatic carbocycles. The SMILES string of the molecule is C#CCNC(=O)c1cncc(Br)c1. The van der Waals surface area contributed by atoms with Gasteiger partial charge in [-0.25, -0.2) is 0 Å². The van der Waals surface area contributed by atoms with E-state index in [4.69, 9.17) is 6.42 Å². The first-order chi connectivity index (χ1) is 6.24. The number of hydrogen-bond donors (Lipinski definition) is 1. The van der Waals surface area contributed by atoms with E-state index in [-0.39, 0.29) is 12.5 Å². The van der Waals surface area contributed by atoms with Crippen LogP contribution in [0.1, 0.15) is 10.4 Å². The molecule has 0 radical (unpaired) electrons. The zero-order chi connectivity index (χ0) is 9.68. The van der Waals surface area contributed by atoms with Crippen molar-refractivity contribution in [2.75, 3.05) is 6.54 Å². The van der Waals surface area contributed by atoms with E-state index < -0.39 is 0 Å². The summed E-state index contributed by atoms with van der Waals surface area (Å²) in [5.41, 5.74) is 0.490. The quantitative estimate of drug-likeness (QED) is 0.788. The molecule has 3 nitrogen and oxygen atoms in total. The number of hydrogen-bond acceptors (Lipinski definition) is 2. The number of carbonyl (C=O) groups is 1. The first-order valence-electron chi connectivity index (χ1n) is 3.56. The number of amides is 1. The van der Waals surface area contributed by atoms with Crippen molar-refractivity contribution < 1.29 is 4.79 Å². The molecule has 1 N–H and O–H groups in total. The van der Waals surface area contributed by atoms with Crippen molar-refractivity contribution in [3.8, 4) is 12.3 Å². The average molecular weight is 239 g/mol. The van der Waals surface area contributed by atoms with Gasteiger partial charge in [-0.05, 0) is 22.0 Å². The van der Waals surface area contributed by atoms with Gasteiger partial charge in [0.05, 0.1) is 12.1 Å². The van der Waals surface area contributed by atoms with Crippen LogP contribution >= 0.6 is 15.9 Å². The molecule has 0 bridgehead atoms. The highest BCUT2D eigenvalue weighted by molar-refractivity contribution is 9.10. The number of pyridine rings is 1. The van der Waals surface area contributed by atoms with Gasteiger partial charge in [-0.3, -0.25) is 9.78 Å². The van der Waals surface area contributed by atoms with E-state index >= 15 is 0 Å². The van der Waals surface area contributed by atoms with E-state index in [9.17, 15) is 4.79 Å². The minimum atomic E-state index is -0.216. The molecular formula is C9H7BrN2O. The lowest BCUT2D eigenvalue weighted by molar-refractivity contribution is 0.0958. The van der Waals surface area contributed by atoms with Crippen molar-refractivity contribution in [3.05, 3.63) is 28.5 Å². The summed E-state index contributed by atoms with van der Waals surface area (Å²) in [7, 11) is 0. The summed E-state index contributed by atoms with van der Waals surface area (Å²) in [6.45, 7) is 0.228. The van der Waals surface area contributed by atoms with E-state index in [2.05, 4.69) is 32.2 Å². The third kappa shape index (κ3) is 2.88. The Morgan fingerprint density at radius 1 is 1.69 bits per heavy atom. The molecule has 0 fully saturated rings. The number of nitrogens with zero attached hydrogens (tertiary/aromatic N) is 1. The molecule has 66 valence electrons. The number of halogens is 1. The Bertz CT molecular complexity index is 357. The zero-order valence-corrected chi connectivity index (χ0v) is 8.34. The van der Waals surface area contributed by atoms with Gasteiger partial charge >= 0.3 is 0 Å². The molecule has 0 aliphatic carbocycles. The maximum Gasteiger partial charge on any atom is 0.253 e. The van der Waals surface area contributed by atoms with Crippen LogP contribution in [0.3, 0.4) is 0 Å². The molecular weight excluding hydrogens is 232 g/mol. The number of carbonyl (C=O) groups excluding carboxylic acids is 1. The normalized spacial score (nSPS) is 8.92. The van der Waals surface area contributed by atoms with Gasteiger partial charge in [-0.15, -0.1) is 6.42 Å². The first-order valence-corrected chi connectivity index (χ1v) is 4.35. The highest BCUT2D eigenvalue weighted by atomic mass is 79.9. The van der Waals surface area contributed by atoms with Crippen LogP contribution in [-0.2, 0) is 0 Å². The lowest BCUT2D eigenvalue weighted by Gasteiger charge is -2.00. The number of aromatic nitrogens is 1. The molecule has 1 amide bonds. The number of terminal acetylenes is 1. The summed E-state index contributed by atoms with van der Waals surface area (Å²) in [5, 5.41) is 2.54. The molecule has 13 heavy (non-hydrogen) atoms. The van der Waals surface area contributed by atoms with E-state index in [1.165, 1.54) is 6.20 Å². The molecule has 0 atom stereocenters. The third-order valence-electron chi connectivity index (χ3n) is 1.32. The summed E-state index contributed by atoms with van der Waals surface area (Å²) in [6, 6.07) is 1.68. The predicted molar refractivity (Wildman–Crippen MR) is 53.1 cm³/mol. The van der Waals surface area contributed by atoms with Crippen LogP contribution in [0.15, 0.2) is 22.9 Å². The van der Waals surface area contributed by atoms with Crippen molar-refractivity contribution in [2.24, 2.45) is 0 Å². The van der Waals surface area contributed by atoms with Gasteiger partial charge in [-0.1, -0.05) is 5.92 Å². The van der Waals surface area contributed by atoms with Crippen molar-refractivity contribution >= 4 is 21.8 Å². The summed E-state index contributed by atoms with van der Waals surface area (Å²) in [4.78, 5) is 15.1. The fourth-order valence-corrected chi connectivity index (χ4v) is 1.13. The third-order valence-corrected chi connectivity index (χ3v) is 1.75. The van der Waals surface area contributed by atoms with E-state index in [1.807, 2.05) is 0 Å². The Labute approximate surface area is 84.7 Å². The molecule has 0 saturated carbocycles. The Kier molecular flexibility index (Phi) is 3.47. The van der Waals surface area contributed by atoms with E-state index in [0.29, 0.717) is 5.56 Å². The van der Waals surface area contributed by atoms with E-state index in [1.54, 1.807) is 12.3 Å². The molecule has 1 aromatic heterocycles. The van der Waals surface area contributed by atoms with Crippen LogP contribution in [0, 0.1) is 12.3 Å². The summed E-state index contributed by atoms with van der Waals surface area (Å²) in [5.74, 6) is 2.10. The summed E-state index contributed by atoms with van der Waals surface area (Å²) in [6.07, 6.45) is 8.09. The Balaban J connectivity index is 2.72. The second-order valence-electron chi connectivity index (χ2n) is 2.28. The summed E-state index contributed by atoms with van der Waals surface area (Å²) >= 11 is 3.22. The lowest BCUT2D eigenvalue weighted by atomic mass is 10.3. The van der Waals surface area contributed by atoms with Crippen molar-refractivity contribution in [1.82, 2.24) is 10.3 Å². The minimum absolute atomic E-state index is 0.216. The van der Waals surface area contributed by atoms with Gasteiger partial charge < -0.3 is 5.32 Å². The van der Waals surface area contributed by atoms with Crippen molar-refractivity contribution in [2.45, 2.75) is 0 Å². The van der Waals surface area contributed by atoms with Gasteiger partial charge in [-0.2, -0.15) is 0 Å². The van der Waals surface area contributed by atoms with Gasteiger partial charge in [0.15, 0.2) is 0 Å². The number of nitrogens with one attached hydrogen (secondary N) is 1. The molecule has 0 spiro atoms. The second-order valence-corrected chi connectivity index (χ2v) is 3.19. The highest BCUT2D eigenvalue weighted by Crippen LogP contribution is 2.08. The Morgan fingerprint density at radius 3 is 3.08 bits per heavy atom. The molecule has 1 heterocycles. The minimum Gasteiger partial charge on any atom is -0.341 e. The average Bonchev–Trinajstić information content (AvgIpc) is 2.14. The van der Waals surface area contributed by atoms with Crippen LogP contribution in [0.4, 0.5) is 0 Å². The second kappa shape index (κ2) is 4.63. The first kappa shape index (κ1) is 9.75. The molecule has 0 aliphatic heterocycles. The predicted octanol–water partition coefficient (Wildman–Crippen LogP) is 1.21. The molecule has 4 heteroatoms. The molecule has 0 unspecified atom stereocenters. The standard InChI is InChI=1S/C9H7BrN2O/c1-2-3-12-9(13)7-4-8(10)6-11-5-7/h1,4-6H,3H2,(H,12,13). The number of rotatable bonds is 2. The van der Waals surface area contributed by atoms with Crippen molar-refractivity contribution in [3.63, 3.8) is 0 Å². The highest BCUT2D eigenvalue weighted by Gasteiger charge is 2.03. The van der Waals surface area contributed by atoms with Crippen LogP contribution in [-0.4, -0.2) is 17.4 Å². The maximum absolute atomic E-state index is 11.3. The largest absolute Gasteiger partial charge is 0.341 e. The topological polar surface area (TPSA) is 42.0 Å². The van der Waals surface area contributed by atoms with Crippen LogP contribution in [0.2, 0.25) is 0 Å². The van der Waals surface area contributed by atoms with Crippen molar-refractivity contribution in [1.29, 1.82) is 0 Å². The lowest BCUT2D eigenvalue weighted by Crippen LogP contribution is -2.23. The van der Waals surface area contributed by atoms with Gasteiger partial charge in [0.25, 0.3) is 5.91 Å². The van der Waals surface area contributed by atoms with Gasteiger partial charge in [0, 0.05) is 16.9 Å². The summed E-state index contributed by atoms with van der Waals surface area (Å²) < 4.78 is 0.765. The van der Waals surface area contributed by atoms with Gasteiger partial charge in [0.2, 0.25) is 0 Å². The van der Waals surface area contributed by atoms with Gasteiger partial charge in [0.1, 0.15) is 0 Å². The molecule has 1 aromatic rings. The fraction of sp³-hybridized carbons (Fsp3) is 0.111. The Morgan fingerprint density at radius 2 is 2.46 bits per heavy atom. The Hall–Kier alpha value is -1.34. The molecule has 0 saturated heterocycles. The monoisotopic (exact) mass is 238 g/mol. The maximum atomic E-state index is 11.3. The van der Waals surface area contributed by atoms with Crippen LogP contribution in [0.25, 0.3) is 0 Å². The smallest absolute Gasteiger partial charge is 0.253 e. The molecule has 0 aliphatic rings. The zero-order valence-electron chi connectivity index (χ0n) is 6.75. The molecule has 1 rings (SSSR count).